The molecular weight excluding hydrogens is 643 g/mol. The average molecular weight is 663 g/mol. The average Bonchev–Trinajstić information content (AvgIpc) is 2.90. The van der Waals surface area contributed by atoms with Crippen LogP contribution < -0.4 is 10.2 Å². The van der Waals surface area contributed by atoms with Gasteiger partial charge >= 0.3 is 0 Å². The molecule has 0 saturated heterocycles. The summed E-state index contributed by atoms with van der Waals surface area (Å²) < 4.78 is 7.31. The van der Waals surface area contributed by atoms with Crippen LogP contribution in [0.2, 0.25) is 10.0 Å². The number of nitrogens with zero attached hydrogens (tertiary/aromatic N) is 1. The molecule has 0 aliphatic carbocycles. The van der Waals surface area contributed by atoms with E-state index in [1.54, 1.807) is 72.8 Å². The summed E-state index contributed by atoms with van der Waals surface area (Å²) >= 11 is 19.1. The molecule has 4 aromatic carbocycles. The minimum Gasteiger partial charge on any atom is -0.487 e. The van der Waals surface area contributed by atoms with Crippen molar-refractivity contribution >= 4 is 67.2 Å². The van der Waals surface area contributed by atoms with Crippen LogP contribution in [0, 0.1) is 0 Å². The van der Waals surface area contributed by atoms with Gasteiger partial charge in [-0.1, -0.05) is 89.9 Å². The van der Waals surface area contributed by atoms with Gasteiger partial charge in [-0.15, -0.1) is 0 Å². The van der Waals surface area contributed by atoms with Crippen molar-refractivity contribution in [2.24, 2.45) is 5.10 Å². The molecule has 2 N–H and O–H groups in total. The largest absolute Gasteiger partial charge is 0.487 e. The highest BCUT2D eigenvalue weighted by atomic mass is 79.9. The highest BCUT2D eigenvalue weighted by molar-refractivity contribution is 9.11. The van der Waals surface area contributed by atoms with E-state index in [9.17, 15) is 9.90 Å². The Morgan fingerprint density at radius 3 is 2.00 bits per heavy atom. The van der Waals surface area contributed by atoms with Gasteiger partial charge < -0.3 is 9.84 Å². The van der Waals surface area contributed by atoms with Gasteiger partial charge in [-0.2, -0.15) is 5.10 Å². The van der Waals surface area contributed by atoms with Crippen molar-refractivity contribution in [3.05, 3.63) is 132 Å². The summed E-state index contributed by atoms with van der Waals surface area (Å²) in [7, 11) is 0. The molecule has 1 amide bonds. The van der Waals surface area contributed by atoms with Crippen LogP contribution in [0.4, 0.5) is 0 Å². The Kier molecular flexibility index (Phi) is 9.05. The number of rotatable bonds is 8. The first kappa shape index (κ1) is 27.4. The van der Waals surface area contributed by atoms with Crippen LogP contribution in [0.3, 0.4) is 0 Å². The maximum Gasteiger partial charge on any atom is 0.281 e. The van der Waals surface area contributed by atoms with Crippen molar-refractivity contribution in [3.8, 4) is 5.75 Å². The fraction of sp³-hybridized carbons (Fsp3) is 0.0714. The van der Waals surface area contributed by atoms with E-state index in [2.05, 4.69) is 42.4 Å². The first-order valence-corrected chi connectivity index (χ1v) is 13.4. The fourth-order valence-electron chi connectivity index (χ4n) is 3.61. The van der Waals surface area contributed by atoms with Gasteiger partial charge in [0.15, 0.2) is 5.60 Å². The van der Waals surface area contributed by atoms with Crippen LogP contribution in [0.1, 0.15) is 22.3 Å². The van der Waals surface area contributed by atoms with Crippen LogP contribution in [0.5, 0.6) is 5.75 Å². The third-order valence-electron chi connectivity index (χ3n) is 5.48. The van der Waals surface area contributed by atoms with Crippen molar-refractivity contribution in [1.82, 2.24) is 5.43 Å². The van der Waals surface area contributed by atoms with E-state index in [0.717, 1.165) is 5.56 Å². The molecular formula is C28H20Br2Cl2N2O3. The molecule has 0 bridgehead atoms. The Labute approximate surface area is 241 Å². The number of carbonyl (C=O) groups is 1. The molecule has 4 rings (SSSR count). The van der Waals surface area contributed by atoms with E-state index in [0.29, 0.717) is 41.4 Å². The highest BCUT2D eigenvalue weighted by Crippen LogP contribution is 2.35. The molecule has 0 aliphatic rings. The zero-order chi connectivity index (χ0) is 26.4. The van der Waals surface area contributed by atoms with Crippen molar-refractivity contribution in [2.45, 2.75) is 12.2 Å². The molecule has 5 nitrogen and oxygen atoms in total. The SMILES string of the molecule is O=C(N/N=C/c1cc(Br)c(OCc2ccc(Cl)c(Cl)c2)c(Br)c1)C(O)(c1ccccc1)c1ccccc1. The normalized spacial score (nSPS) is 11.5. The number of benzene rings is 4. The van der Waals surface area contributed by atoms with Gasteiger partial charge in [-0.05, 0) is 78.4 Å². The summed E-state index contributed by atoms with van der Waals surface area (Å²) in [4.78, 5) is 13.2. The first-order chi connectivity index (χ1) is 17.8. The second-order valence-electron chi connectivity index (χ2n) is 7.99. The number of hydrogen-bond acceptors (Lipinski definition) is 4. The van der Waals surface area contributed by atoms with Gasteiger partial charge in [-0.3, -0.25) is 4.79 Å². The predicted octanol–water partition coefficient (Wildman–Crippen LogP) is 7.48. The van der Waals surface area contributed by atoms with Gasteiger partial charge in [0, 0.05) is 0 Å². The Morgan fingerprint density at radius 2 is 1.46 bits per heavy atom. The molecule has 4 aromatic rings. The standard InChI is InChI=1S/C28H20Br2Cl2N2O3/c29-22-13-19(14-23(30)26(22)37-17-18-11-12-24(31)25(32)15-18)16-33-34-27(35)28(36,20-7-3-1-4-8-20)21-9-5-2-6-10-21/h1-16,36H,17H2,(H,34,35)/b33-16+. The molecule has 9 heteroatoms. The van der Waals surface area contributed by atoms with Gasteiger partial charge in [0.1, 0.15) is 12.4 Å². The van der Waals surface area contributed by atoms with Crippen LogP contribution in [-0.4, -0.2) is 17.2 Å². The lowest BCUT2D eigenvalue weighted by atomic mass is 9.85. The summed E-state index contributed by atoms with van der Waals surface area (Å²) in [5, 5.41) is 16.5. The Balaban J connectivity index is 1.49. The molecule has 0 unspecified atom stereocenters. The van der Waals surface area contributed by atoms with Gasteiger partial charge in [0.2, 0.25) is 0 Å². The second kappa shape index (κ2) is 12.2. The van der Waals surface area contributed by atoms with Crippen molar-refractivity contribution < 1.29 is 14.6 Å². The van der Waals surface area contributed by atoms with Gasteiger partial charge in [0.05, 0.1) is 25.2 Å². The van der Waals surface area contributed by atoms with E-state index < -0.39 is 11.5 Å². The Morgan fingerprint density at radius 1 is 0.892 bits per heavy atom. The monoisotopic (exact) mass is 660 g/mol. The summed E-state index contributed by atoms with van der Waals surface area (Å²) in [6, 6.07) is 26.4. The molecule has 0 spiro atoms. The molecule has 0 saturated carbocycles. The van der Waals surface area contributed by atoms with E-state index in [1.165, 1.54) is 6.21 Å². The number of ether oxygens (including phenoxy) is 1. The number of aliphatic hydroxyl groups is 1. The molecule has 188 valence electrons. The minimum absolute atomic E-state index is 0.287. The van der Waals surface area contributed by atoms with E-state index in [1.807, 2.05) is 18.2 Å². The molecule has 37 heavy (non-hydrogen) atoms. The third-order valence-corrected chi connectivity index (χ3v) is 7.40. The number of nitrogens with one attached hydrogen (secondary N) is 1. The number of hydrogen-bond donors (Lipinski definition) is 2. The lowest BCUT2D eigenvalue weighted by Gasteiger charge is -2.27. The van der Waals surface area contributed by atoms with Crippen LogP contribution in [0.25, 0.3) is 0 Å². The zero-order valence-electron chi connectivity index (χ0n) is 19.2. The second-order valence-corrected chi connectivity index (χ2v) is 10.5. The van der Waals surface area contributed by atoms with Crippen molar-refractivity contribution in [1.29, 1.82) is 0 Å². The van der Waals surface area contributed by atoms with E-state index in [-0.39, 0.29) is 6.61 Å². The van der Waals surface area contributed by atoms with Gasteiger partial charge in [-0.25, -0.2) is 5.43 Å². The molecule has 0 atom stereocenters. The van der Waals surface area contributed by atoms with Crippen molar-refractivity contribution in [3.63, 3.8) is 0 Å². The first-order valence-electron chi connectivity index (χ1n) is 11.0. The zero-order valence-corrected chi connectivity index (χ0v) is 23.9. The molecule has 0 radical (unpaired) electrons. The fourth-order valence-corrected chi connectivity index (χ4v) is 5.38. The molecule has 0 aliphatic heterocycles. The molecule has 0 aromatic heterocycles. The predicted molar refractivity (Wildman–Crippen MR) is 154 cm³/mol. The molecule has 0 fully saturated rings. The van der Waals surface area contributed by atoms with Crippen LogP contribution >= 0.6 is 55.1 Å². The quantitative estimate of drug-likeness (QED) is 0.152. The maximum absolute atomic E-state index is 13.2. The van der Waals surface area contributed by atoms with Crippen LogP contribution in [0.15, 0.2) is 105 Å². The van der Waals surface area contributed by atoms with E-state index in [4.69, 9.17) is 27.9 Å². The number of carbonyl (C=O) groups excluding carboxylic acids is 1. The summed E-state index contributed by atoms with van der Waals surface area (Å²) in [6.45, 7) is 0.287. The van der Waals surface area contributed by atoms with Gasteiger partial charge in [0.25, 0.3) is 5.91 Å². The Hall–Kier alpha value is -2.68. The Bertz CT molecular complexity index is 1370. The van der Waals surface area contributed by atoms with Crippen LogP contribution in [-0.2, 0) is 17.0 Å². The number of amides is 1. The minimum atomic E-state index is -1.91. The van der Waals surface area contributed by atoms with Crippen molar-refractivity contribution in [2.75, 3.05) is 0 Å². The summed E-state index contributed by atoms with van der Waals surface area (Å²) in [5.74, 6) is -0.0874. The highest BCUT2D eigenvalue weighted by Gasteiger charge is 2.39. The third kappa shape index (κ3) is 6.43. The van der Waals surface area contributed by atoms with E-state index >= 15 is 0 Å². The maximum atomic E-state index is 13.2. The smallest absolute Gasteiger partial charge is 0.281 e. The summed E-state index contributed by atoms with van der Waals surface area (Å²) in [5.41, 5.74) is 2.98. The number of halogens is 4. The summed E-state index contributed by atoms with van der Waals surface area (Å²) in [6.07, 6.45) is 1.48. The molecule has 0 heterocycles. The topological polar surface area (TPSA) is 70.9 Å². The lowest BCUT2D eigenvalue weighted by molar-refractivity contribution is -0.136. The number of hydrazone groups is 1. The lowest BCUT2D eigenvalue weighted by Crippen LogP contribution is -2.43.